The van der Waals surface area contributed by atoms with Crippen LogP contribution in [0.2, 0.25) is 0 Å². The molecule has 0 aliphatic heterocycles. The molecule has 0 saturated heterocycles. The summed E-state index contributed by atoms with van der Waals surface area (Å²) < 4.78 is 0. The van der Waals surface area contributed by atoms with Crippen molar-refractivity contribution in [3.8, 4) is 0 Å². The van der Waals surface area contributed by atoms with E-state index in [0.29, 0.717) is 17.3 Å². The lowest BCUT2D eigenvalue weighted by molar-refractivity contribution is 0.101. The molecule has 0 fully saturated rings. The number of rotatable bonds is 7. The minimum absolute atomic E-state index is 0.0351. The van der Waals surface area contributed by atoms with Gasteiger partial charge in [-0.1, -0.05) is 12.1 Å². The lowest BCUT2D eigenvalue weighted by Gasteiger charge is -2.17. The zero-order valence-electron chi connectivity index (χ0n) is 14.9. The van der Waals surface area contributed by atoms with Crippen LogP contribution in [0.15, 0.2) is 61.1 Å². The van der Waals surface area contributed by atoms with Gasteiger partial charge in [0.05, 0.1) is 0 Å². The van der Waals surface area contributed by atoms with Gasteiger partial charge in [0.1, 0.15) is 5.82 Å². The summed E-state index contributed by atoms with van der Waals surface area (Å²) in [6.07, 6.45) is 6.21. The minimum atomic E-state index is 0.0351. The summed E-state index contributed by atoms with van der Waals surface area (Å²) in [5, 5.41) is 3.23. The molecule has 0 amide bonds. The molecular weight excluding hydrogens is 326 g/mol. The molecule has 0 unspecified atom stereocenters. The molecule has 6 heteroatoms. The van der Waals surface area contributed by atoms with Crippen LogP contribution in [0.25, 0.3) is 0 Å². The average Bonchev–Trinajstić information content (AvgIpc) is 2.67. The van der Waals surface area contributed by atoms with Crippen molar-refractivity contribution in [1.29, 1.82) is 0 Å². The van der Waals surface area contributed by atoms with Gasteiger partial charge in [-0.05, 0) is 49.2 Å². The van der Waals surface area contributed by atoms with E-state index in [0.717, 1.165) is 18.7 Å². The van der Waals surface area contributed by atoms with E-state index < -0.39 is 0 Å². The normalized spacial score (nSPS) is 10.4. The Hall–Kier alpha value is -3.28. The van der Waals surface area contributed by atoms with Crippen LogP contribution in [0.1, 0.15) is 22.8 Å². The lowest BCUT2D eigenvalue weighted by Crippen LogP contribution is -2.22. The van der Waals surface area contributed by atoms with Crippen LogP contribution in [0.4, 0.5) is 17.5 Å². The van der Waals surface area contributed by atoms with E-state index in [-0.39, 0.29) is 5.78 Å². The maximum absolute atomic E-state index is 11.5. The van der Waals surface area contributed by atoms with Gasteiger partial charge >= 0.3 is 0 Å². The summed E-state index contributed by atoms with van der Waals surface area (Å²) >= 11 is 0. The van der Waals surface area contributed by atoms with Gasteiger partial charge in [0.15, 0.2) is 5.78 Å². The first-order valence-electron chi connectivity index (χ1n) is 8.43. The number of hydrogen-bond acceptors (Lipinski definition) is 6. The summed E-state index contributed by atoms with van der Waals surface area (Å²) in [4.78, 5) is 26.5. The van der Waals surface area contributed by atoms with E-state index in [1.807, 2.05) is 42.3 Å². The number of carbonyl (C=O) groups excluding carboxylic acids is 1. The lowest BCUT2D eigenvalue weighted by atomic mass is 10.1. The fourth-order valence-corrected chi connectivity index (χ4v) is 2.51. The number of aromatic nitrogens is 3. The topological polar surface area (TPSA) is 71.0 Å². The largest absolute Gasteiger partial charge is 0.343 e. The molecule has 0 saturated carbocycles. The van der Waals surface area contributed by atoms with E-state index in [1.54, 1.807) is 37.6 Å². The second-order valence-electron chi connectivity index (χ2n) is 6.03. The number of hydrogen-bond donors (Lipinski definition) is 1. The van der Waals surface area contributed by atoms with E-state index >= 15 is 0 Å². The molecule has 132 valence electrons. The molecule has 1 N–H and O–H groups in total. The van der Waals surface area contributed by atoms with Crippen LogP contribution in [-0.2, 0) is 6.42 Å². The van der Waals surface area contributed by atoms with E-state index in [1.165, 1.54) is 5.56 Å². The molecule has 3 rings (SSSR count). The second-order valence-corrected chi connectivity index (χ2v) is 6.03. The number of Topliss-reactive ketones (excluding diaryl/α,β-unsaturated/α-hetero) is 1. The Morgan fingerprint density at radius 1 is 1.12 bits per heavy atom. The molecule has 0 aliphatic rings. The number of ketones is 1. The third kappa shape index (κ3) is 4.63. The van der Waals surface area contributed by atoms with Gasteiger partial charge < -0.3 is 10.2 Å². The van der Waals surface area contributed by atoms with Crippen molar-refractivity contribution in [3.05, 3.63) is 72.2 Å². The van der Waals surface area contributed by atoms with Gasteiger partial charge in [0, 0.05) is 43.4 Å². The maximum atomic E-state index is 11.5. The number of likely N-dealkylation sites (N-methyl/N-ethyl adjacent to an activating group) is 1. The first-order valence-corrected chi connectivity index (χ1v) is 8.43. The average molecular weight is 347 g/mol. The van der Waals surface area contributed by atoms with Crippen LogP contribution in [0.5, 0.6) is 0 Å². The molecule has 0 atom stereocenters. The van der Waals surface area contributed by atoms with Gasteiger partial charge in [-0.15, -0.1) is 0 Å². The molecule has 0 radical (unpaired) electrons. The number of benzene rings is 1. The number of anilines is 3. The van der Waals surface area contributed by atoms with Crippen LogP contribution in [0, 0.1) is 0 Å². The van der Waals surface area contributed by atoms with Crippen molar-refractivity contribution in [1.82, 2.24) is 15.0 Å². The maximum Gasteiger partial charge on any atom is 0.227 e. The van der Waals surface area contributed by atoms with Gasteiger partial charge in [0.2, 0.25) is 5.95 Å². The Morgan fingerprint density at radius 3 is 2.69 bits per heavy atom. The van der Waals surface area contributed by atoms with Crippen LogP contribution in [-0.4, -0.2) is 34.3 Å². The Labute approximate surface area is 153 Å². The van der Waals surface area contributed by atoms with Crippen molar-refractivity contribution >= 4 is 23.2 Å². The summed E-state index contributed by atoms with van der Waals surface area (Å²) in [6, 6.07) is 13.2. The van der Waals surface area contributed by atoms with Gasteiger partial charge in [-0.25, -0.2) is 4.98 Å². The highest BCUT2D eigenvalue weighted by atomic mass is 16.1. The zero-order valence-corrected chi connectivity index (χ0v) is 14.9. The number of pyridine rings is 1. The summed E-state index contributed by atoms with van der Waals surface area (Å²) in [5.41, 5.74) is 2.71. The molecule has 6 nitrogen and oxygen atoms in total. The van der Waals surface area contributed by atoms with Gasteiger partial charge in [-0.3, -0.25) is 9.78 Å². The molecule has 0 bridgehead atoms. The quantitative estimate of drug-likeness (QED) is 0.660. The van der Waals surface area contributed by atoms with E-state index in [9.17, 15) is 4.79 Å². The zero-order chi connectivity index (χ0) is 18.4. The fourth-order valence-electron chi connectivity index (χ4n) is 2.51. The van der Waals surface area contributed by atoms with Crippen LogP contribution >= 0.6 is 0 Å². The van der Waals surface area contributed by atoms with Crippen molar-refractivity contribution < 1.29 is 4.79 Å². The highest BCUT2D eigenvalue weighted by Gasteiger charge is 2.07. The smallest absolute Gasteiger partial charge is 0.227 e. The molecule has 0 aliphatic carbocycles. The van der Waals surface area contributed by atoms with Gasteiger partial charge in [-0.2, -0.15) is 4.98 Å². The predicted octanol–water partition coefficient (Wildman–Crippen LogP) is 3.50. The Balaban J connectivity index is 1.67. The van der Waals surface area contributed by atoms with Gasteiger partial charge in [0.25, 0.3) is 0 Å². The summed E-state index contributed by atoms with van der Waals surface area (Å²) in [5.74, 6) is 1.37. The highest BCUT2D eigenvalue weighted by molar-refractivity contribution is 5.95. The Kier molecular flexibility index (Phi) is 5.53. The first kappa shape index (κ1) is 17.5. The van der Waals surface area contributed by atoms with E-state index in [2.05, 4.69) is 20.3 Å². The molecular formula is C20H21N5O. The standard InChI is InChI=1S/C20H21N5O/c1-15(26)17-4-3-5-18(14-17)23-19-8-12-22-20(24-19)25(2)13-9-16-6-10-21-11-7-16/h3-8,10-12,14H,9,13H2,1-2H3,(H,22,23,24). The van der Waals surface area contributed by atoms with Crippen LogP contribution < -0.4 is 10.2 Å². The molecule has 2 aromatic heterocycles. The third-order valence-corrected chi connectivity index (χ3v) is 4.01. The van der Waals surface area contributed by atoms with Crippen molar-refractivity contribution in [2.45, 2.75) is 13.3 Å². The monoisotopic (exact) mass is 347 g/mol. The fraction of sp³-hybridized carbons (Fsp3) is 0.200. The number of nitrogens with one attached hydrogen (secondary N) is 1. The molecule has 0 spiro atoms. The Bertz CT molecular complexity index is 882. The van der Waals surface area contributed by atoms with Crippen LogP contribution in [0.3, 0.4) is 0 Å². The predicted molar refractivity (Wildman–Crippen MR) is 103 cm³/mol. The summed E-state index contributed by atoms with van der Waals surface area (Å²) in [7, 11) is 1.97. The highest BCUT2D eigenvalue weighted by Crippen LogP contribution is 2.18. The summed E-state index contributed by atoms with van der Waals surface area (Å²) in [6.45, 7) is 2.35. The first-order chi connectivity index (χ1) is 12.6. The van der Waals surface area contributed by atoms with Crippen molar-refractivity contribution in [2.75, 3.05) is 23.8 Å². The third-order valence-electron chi connectivity index (χ3n) is 4.01. The minimum Gasteiger partial charge on any atom is -0.343 e. The SMILES string of the molecule is CC(=O)c1cccc(Nc2ccnc(N(C)CCc3ccncc3)n2)c1. The Morgan fingerprint density at radius 2 is 1.92 bits per heavy atom. The molecule has 2 heterocycles. The molecule has 1 aromatic carbocycles. The molecule has 26 heavy (non-hydrogen) atoms. The number of carbonyl (C=O) groups is 1. The van der Waals surface area contributed by atoms with Crippen molar-refractivity contribution in [2.24, 2.45) is 0 Å². The van der Waals surface area contributed by atoms with Crippen molar-refractivity contribution in [3.63, 3.8) is 0 Å². The second kappa shape index (κ2) is 8.20. The molecule has 3 aromatic rings. The number of nitrogens with zero attached hydrogens (tertiary/aromatic N) is 4. The van der Waals surface area contributed by atoms with E-state index in [4.69, 9.17) is 0 Å².